The van der Waals surface area contributed by atoms with E-state index < -0.39 is 16.9 Å². The van der Waals surface area contributed by atoms with Crippen molar-refractivity contribution < 1.29 is 14.1 Å². The van der Waals surface area contributed by atoms with Gasteiger partial charge in [-0.25, -0.2) is 4.39 Å². The van der Waals surface area contributed by atoms with E-state index in [2.05, 4.69) is 4.99 Å². The Morgan fingerprint density at radius 3 is 2.72 bits per heavy atom. The molecule has 1 saturated carbocycles. The van der Waals surface area contributed by atoms with Gasteiger partial charge in [0.05, 0.1) is 16.7 Å². The van der Waals surface area contributed by atoms with Crippen LogP contribution in [0.2, 0.25) is 0 Å². The molecule has 1 heterocycles. The Bertz CT molecular complexity index is 729. The number of carbonyl (C=O) groups excluding carboxylic acids is 1. The predicted molar refractivity (Wildman–Crippen MR) is 97.9 cm³/mol. The SMILES string of the molecule is CC(=O)N(c1cc([N+](=O)[O-])ccc1F)C1CSC(=NC2CC2)N1C.Cl. The smallest absolute Gasteiger partial charge is 0.271 e. The quantitative estimate of drug-likeness (QED) is 0.585. The van der Waals surface area contributed by atoms with Gasteiger partial charge in [-0.3, -0.25) is 24.8 Å². The molecule has 10 heteroatoms. The van der Waals surface area contributed by atoms with E-state index in [0.29, 0.717) is 11.8 Å². The number of aliphatic imine (C=N–C) groups is 1. The predicted octanol–water partition coefficient (Wildman–Crippen LogP) is 3.03. The molecular weight excluding hydrogens is 371 g/mol. The largest absolute Gasteiger partial charge is 0.333 e. The van der Waals surface area contributed by atoms with Gasteiger partial charge < -0.3 is 4.90 Å². The summed E-state index contributed by atoms with van der Waals surface area (Å²) in [6.07, 6.45) is 1.71. The zero-order valence-corrected chi connectivity index (χ0v) is 15.3. The van der Waals surface area contributed by atoms with Gasteiger partial charge in [-0.15, -0.1) is 12.4 Å². The topological polar surface area (TPSA) is 79.0 Å². The Balaban J connectivity index is 0.00000225. The monoisotopic (exact) mass is 388 g/mol. The van der Waals surface area contributed by atoms with E-state index in [1.165, 1.54) is 23.6 Å². The van der Waals surface area contributed by atoms with E-state index in [1.807, 2.05) is 4.90 Å². The molecule has 0 radical (unpaired) electrons. The lowest BCUT2D eigenvalue weighted by Crippen LogP contribution is -2.48. The number of rotatable bonds is 4. The second-order valence-corrected chi connectivity index (χ2v) is 6.81. The van der Waals surface area contributed by atoms with Gasteiger partial charge in [0.1, 0.15) is 12.0 Å². The maximum absolute atomic E-state index is 14.3. The molecule has 0 spiro atoms. The average Bonchev–Trinajstić information content (AvgIpc) is 3.27. The molecule has 2 aliphatic rings. The van der Waals surface area contributed by atoms with Crippen LogP contribution in [0, 0.1) is 15.9 Å². The molecule has 136 valence electrons. The molecule has 25 heavy (non-hydrogen) atoms. The van der Waals surface area contributed by atoms with Crippen molar-refractivity contribution in [2.24, 2.45) is 4.99 Å². The van der Waals surface area contributed by atoms with Gasteiger partial charge in [0, 0.05) is 31.9 Å². The summed E-state index contributed by atoms with van der Waals surface area (Å²) in [5.41, 5.74) is -0.334. The van der Waals surface area contributed by atoms with Crippen LogP contribution in [0.1, 0.15) is 19.8 Å². The van der Waals surface area contributed by atoms with Crippen LogP contribution in [0.5, 0.6) is 0 Å². The van der Waals surface area contributed by atoms with Crippen LogP contribution in [-0.2, 0) is 4.79 Å². The molecule has 2 fully saturated rings. The van der Waals surface area contributed by atoms with Crippen LogP contribution < -0.4 is 4.90 Å². The number of nitro groups is 1. The molecule has 1 aliphatic carbocycles. The fourth-order valence-electron chi connectivity index (χ4n) is 2.57. The summed E-state index contributed by atoms with van der Waals surface area (Å²) in [5, 5.41) is 11.8. The zero-order valence-electron chi connectivity index (χ0n) is 13.7. The third-order valence-corrected chi connectivity index (χ3v) is 5.10. The average molecular weight is 389 g/mol. The maximum Gasteiger partial charge on any atom is 0.271 e. The summed E-state index contributed by atoms with van der Waals surface area (Å²) >= 11 is 1.51. The normalized spacial score (nSPS) is 21.2. The first kappa shape index (κ1) is 19.5. The van der Waals surface area contributed by atoms with E-state index in [4.69, 9.17) is 0 Å². The number of hydrogen-bond donors (Lipinski definition) is 0. The van der Waals surface area contributed by atoms with E-state index in [9.17, 15) is 19.3 Å². The second-order valence-electron chi connectivity index (χ2n) is 5.83. The summed E-state index contributed by atoms with van der Waals surface area (Å²) in [4.78, 5) is 30.2. The van der Waals surface area contributed by atoms with Gasteiger partial charge in [-0.2, -0.15) is 0 Å². The number of hydrogen-bond acceptors (Lipinski definition) is 5. The van der Waals surface area contributed by atoms with Gasteiger partial charge in [-0.05, 0) is 18.9 Å². The number of nitro benzene ring substituents is 1. The fourth-order valence-corrected chi connectivity index (χ4v) is 3.79. The highest BCUT2D eigenvalue weighted by molar-refractivity contribution is 8.14. The minimum absolute atomic E-state index is 0. The van der Waals surface area contributed by atoms with Crippen LogP contribution >= 0.6 is 24.2 Å². The molecule has 0 aromatic heterocycles. The van der Waals surface area contributed by atoms with Crippen molar-refractivity contribution in [1.29, 1.82) is 0 Å². The number of thioether (sulfide) groups is 1. The first-order chi connectivity index (χ1) is 11.4. The van der Waals surface area contributed by atoms with Gasteiger partial charge in [0.2, 0.25) is 5.91 Å². The highest BCUT2D eigenvalue weighted by atomic mass is 35.5. The summed E-state index contributed by atoms with van der Waals surface area (Å²) in [6, 6.07) is 3.55. The van der Waals surface area contributed by atoms with Crippen molar-refractivity contribution in [2.45, 2.75) is 32.0 Å². The number of benzene rings is 1. The Morgan fingerprint density at radius 1 is 1.48 bits per heavy atom. The summed E-state index contributed by atoms with van der Waals surface area (Å²) in [5.74, 6) is -0.509. The van der Waals surface area contributed by atoms with E-state index in [0.717, 1.165) is 36.2 Å². The van der Waals surface area contributed by atoms with Gasteiger partial charge in [-0.1, -0.05) is 11.8 Å². The second kappa shape index (κ2) is 7.57. The highest BCUT2D eigenvalue weighted by Crippen LogP contribution is 2.34. The maximum atomic E-state index is 14.3. The highest BCUT2D eigenvalue weighted by Gasteiger charge is 2.37. The molecule has 1 saturated heterocycles. The Kier molecular flexibility index (Phi) is 5.89. The fraction of sp³-hybridized carbons (Fsp3) is 0.467. The van der Waals surface area contributed by atoms with Crippen LogP contribution in [0.25, 0.3) is 0 Å². The Hall–Kier alpha value is -1.87. The van der Waals surface area contributed by atoms with Gasteiger partial charge in [0.15, 0.2) is 5.17 Å². The third-order valence-electron chi connectivity index (χ3n) is 3.99. The first-order valence-corrected chi connectivity index (χ1v) is 8.54. The minimum atomic E-state index is -0.665. The number of halogens is 2. The first-order valence-electron chi connectivity index (χ1n) is 7.55. The van der Waals surface area contributed by atoms with Crippen molar-refractivity contribution >= 4 is 46.6 Å². The Labute approximate surface area is 154 Å². The van der Waals surface area contributed by atoms with Crippen molar-refractivity contribution in [3.8, 4) is 0 Å². The molecular formula is C15H18ClFN4O3S. The molecule has 1 atom stereocenters. The molecule has 0 N–H and O–H groups in total. The number of carbonyl (C=O) groups is 1. The van der Waals surface area contributed by atoms with Gasteiger partial charge in [0.25, 0.3) is 5.69 Å². The van der Waals surface area contributed by atoms with E-state index >= 15 is 0 Å². The molecule has 1 amide bonds. The van der Waals surface area contributed by atoms with Crippen LogP contribution in [0.3, 0.4) is 0 Å². The van der Waals surface area contributed by atoms with Crippen molar-refractivity contribution in [3.05, 3.63) is 34.1 Å². The lowest BCUT2D eigenvalue weighted by molar-refractivity contribution is -0.384. The minimum Gasteiger partial charge on any atom is -0.333 e. The lowest BCUT2D eigenvalue weighted by Gasteiger charge is -2.32. The number of anilines is 1. The molecule has 1 aromatic carbocycles. The molecule has 3 rings (SSSR count). The third kappa shape index (κ3) is 4.04. The summed E-state index contributed by atoms with van der Waals surface area (Å²) < 4.78 is 14.3. The number of nitrogens with zero attached hydrogens (tertiary/aromatic N) is 4. The van der Waals surface area contributed by atoms with E-state index in [1.54, 1.807) is 7.05 Å². The van der Waals surface area contributed by atoms with Crippen molar-refractivity contribution in [1.82, 2.24) is 4.90 Å². The van der Waals surface area contributed by atoms with Crippen LogP contribution in [0.15, 0.2) is 23.2 Å². The summed E-state index contributed by atoms with van der Waals surface area (Å²) in [6.45, 7) is 1.33. The van der Waals surface area contributed by atoms with Crippen molar-refractivity contribution in [3.63, 3.8) is 0 Å². The van der Waals surface area contributed by atoms with Crippen LogP contribution in [0.4, 0.5) is 15.8 Å². The van der Waals surface area contributed by atoms with Crippen LogP contribution in [-0.4, -0.2) is 45.9 Å². The molecule has 1 aromatic rings. The van der Waals surface area contributed by atoms with Gasteiger partial charge >= 0.3 is 0 Å². The molecule has 7 nitrogen and oxygen atoms in total. The van der Waals surface area contributed by atoms with E-state index in [-0.39, 0.29) is 29.7 Å². The number of amides is 1. The number of amidine groups is 1. The lowest BCUT2D eigenvalue weighted by atomic mass is 10.2. The number of non-ortho nitro benzene ring substituents is 1. The summed E-state index contributed by atoms with van der Waals surface area (Å²) in [7, 11) is 1.80. The standard InChI is InChI=1S/C15H17FN4O3S.ClH/c1-9(21)19(13-7-11(20(22)23)5-6-12(13)16)14-8-24-15(18(14)2)17-10-3-4-10;/h5-7,10,14H,3-4,8H2,1-2H3;1H. The zero-order chi connectivity index (χ0) is 17.4. The van der Waals surface area contributed by atoms with Crippen molar-refractivity contribution in [2.75, 3.05) is 17.7 Å². The Morgan fingerprint density at radius 2 is 2.16 bits per heavy atom. The molecule has 0 bridgehead atoms. The molecule has 1 unspecified atom stereocenters. The molecule has 1 aliphatic heterocycles.